The van der Waals surface area contributed by atoms with Gasteiger partial charge in [0.25, 0.3) is 5.88 Å². The maximum atomic E-state index is 13.1. The summed E-state index contributed by atoms with van der Waals surface area (Å²) in [5.41, 5.74) is -1.92. The number of aliphatic hydroxyl groups is 1. The minimum Gasteiger partial charge on any atom is -0.475 e. The molecule has 3 atom stereocenters. The molecule has 1 aromatic rings. The summed E-state index contributed by atoms with van der Waals surface area (Å²) in [6, 6.07) is -0.337. The lowest BCUT2D eigenvalue weighted by atomic mass is 9.64. The highest BCUT2D eigenvalue weighted by atomic mass is 16.5. The number of carbonyl (C=O) groups excluding carboxylic acids is 2. The Hall–Kier alpha value is -1.99. The van der Waals surface area contributed by atoms with Gasteiger partial charge >= 0.3 is 0 Å². The minimum absolute atomic E-state index is 0.0909. The lowest BCUT2D eigenvalue weighted by Crippen LogP contribution is -2.61. The van der Waals surface area contributed by atoms with Crippen molar-refractivity contribution in [1.29, 1.82) is 0 Å². The predicted molar refractivity (Wildman–Crippen MR) is 87.4 cm³/mol. The van der Waals surface area contributed by atoms with Gasteiger partial charge in [-0.15, -0.1) is 0 Å². The molecule has 1 unspecified atom stereocenters. The summed E-state index contributed by atoms with van der Waals surface area (Å²) >= 11 is 0. The van der Waals surface area contributed by atoms with Crippen molar-refractivity contribution in [3.63, 3.8) is 0 Å². The Balaban J connectivity index is 1.79. The molecular weight excluding hydrogens is 324 g/mol. The summed E-state index contributed by atoms with van der Waals surface area (Å²) in [7, 11) is 0. The fourth-order valence-electron chi connectivity index (χ4n) is 3.96. The van der Waals surface area contributed by atoms with E-state index in [-0.39, 0.29) is 17.5 Å². The lowest BCUT2D eigenvalue weighted by Gasteiger charge is -2.48. The molecular formula is C18H22N2O5. The van der Waals surface area contributed by atoms with E-state index in [1.807, 2.05) is 6.92 Å². The van der Waals surface area contributed by atoms with E-state index < -0.39 is 23.1 Å². The normalized spacial score (nSPS) is 31.4. The molecule has 0 spiro atoms. The zero-order chi connectivity index (χ0) is 17.6. The number of hydrogen-bond acceptors (Lipinski definition) is 7. The van der Waals surface area contributed by atoms with Gasteiger partial charge in [0.1, 0.15) is 5.56 Å². The maximum absolute atomic E-state index is 13.1. The smallest absolute Gasteiger partial charge is 0.265 e. The molecule has 0 aromatic carbocycles. The fourth-order valence-corrected chi connectivity index (χ4v) is 3.96. The highest BCUT2D eigenvalue weighted by Crippen LogP contribution is 2.50. The first-order valence-corrected chi connectivity index (χ1v) is 8.93. The van der Waals surface area contributed by atoms with Crippen molar-refractivity contribution >= 4 is 11.6 Å². The van der Waals surface area contributed by atoms with E-state index in [0.29, 0.717) is 18.8 Å². The molecule has 25 heavy (non-hydrogen) atoms. The number of aromatic nitrogens is 1. The molecule has 1 saturated heterocycles. The molecule has 7 heteroatoms. The predicted octanol–water partition coefficient (Wildman–Crippen LogP) is 1.67. The third kappa shape index (κ3) is 2.29. The van der Waals surface area contributed by atoms with Gasteiger partial charge in [-0.3, -0.25) is 14.5 Å². The van der Waals surface area contributed by atoms with E-state index in [1.165, 1.54) is 6.08 Å². The van der Waals surface area contributed by atoms with Crippen LogP contribution in [-0.2, 0) is 4.79 Å². The van der Waals surface area contributed by atoms with Gasteiger partial charge < -0.3 is 14.4 Å². The van der Waals surface area contributed by atoms with Crippen molar-refractivity contribution in [1.82, 2.24) is 10.1 Å². The molecule has 4 rings (SSSR count). The summed E-state index contributed by atoms with van der Waals surface area (Å²) in [6.45, 7) is 4.13. The van der Waals surface area contributed by atoms with Crippen molar-refractivity contribution in [2.24, 2.45) is 5.92 Å². The van der Waals surface area contributed by atoms with Crippen LogP contribution >= 0.6 is 0 Å². The molecule has 0 saturated carbocycles. The number of unbranched alkanes of at least 4 members (excludes halogenated alkanes) is 1. The number of hydrogen-bond donors (Lipinski definition) is 1. The summed E-state index contributed by atoms with van der Waals surface area (Å²) in [6.07, 6.45) is 6.28. The number of fused-ring (bicyclic) bond motifs is 2. The molecule has 1 aliphatic heterocycles. The number of ether oxygens (including phenoxy) is 1. The van der Waals surface area contributed by atoms with Crippen LogP contribution in [0.2, 0.25) is 0 Å². The molecule has 0 radical (unpaired) electrons. The van der Waals surface area contributed by atoms with Crippen LogP contribution in [0.4, 0.5) is 0 Å². The van der Waals surface area contributed by atoms with E-state index in [2.05, 4.69) is 10.1 Å². The Bertz CT molecular complexity index is 736. The summed E-state index contributed by atoms with van der Waals surface area (Å²) in [5, 5.41) is 15.1. The quantitative estimate of drug-likeness (QED) is 0.640. The van der Waals surface area contributed by atoms with E-state index in [0.717, 1.165) is 32.4 Å². The fraction of sp³-hybridized carbons (Fsp3) is 0.611. The SMILES string of the molecule is CCCCOc1noc2c1C(=O)[C@@]1(O)C(=O)C=CCC1[C@@H]2N1CCC1. The summed E-state index contributed by atoms with van der Waals surface area (Å²) in [4.78, 5) is 27.7. The van der Waals surface area contributed by atoms with Crippen LogP contribution < -0.4 is 4.74 Å². The highest BCUT2D eigenvalue weighted by Gasteiger charge is 2.61. The van der Waals surface area contributed by atoms with Crippen molar-refractivity contribution in [3.8, 4) is 5.88 Å². The maximum Gasteiger partial charge on any atom is 0.265 e. The largest absolute Gasteiger partial charge is 0.475 e. The Kier molecular flexibility index (Phi) is 4.00. The van der Waals surface area contributed by atoms with E-state index >= 15 is 0 Å². The second kappa shape index (κ2) is 6.07. The molecule has 2 heterocycles. The van der Waals surface area contributed by atoms with Crippen LogP contribution in [0.5, 0.6) is 5.88 Å². The van der Waals surface area contributed by atoms with Gasteiger partial charge in [-0.2, -0.15) is 0 Å². The van der Waals surface area contributed by atoms with Crippen molar-refractivity contribution < 1.29 is 24.0 Å². The van der Waals surface area contributed by atoms with Crippen molar-refractivity contribution in [2.45, 2.75) is 44.2 Å². The van der Waals surface area contributed by atoms with Gasteiger partial charge in [0.15, 0.2) is 17.1 Å². The zero-order valence-corrected chi connectivity index (χ0v) is 14.2. The molecule has 1 fully saturated rings. The third-order valence-corrected chi connectivity index (χ3v) is 5.50. The Labute approximate surface area is 145 Å². The molecule has 7 nitrogen and oxygen atoms in total. The molecule has 2 aliphatic carbocycles. The standard InChI is InChI=1S/C18H22N2O5/c1-2-3-10-24-17-13-15(25-19-17)14(20-8-5-9-20)11-6-4-7-12(21)18(11,23)16(13)22/h4,7,11,14,23H,2-3,5-6,8-10H2,1H3/t11?,14-,18-/m0/s1. The monoisotopic (exact) mass is 346 g/mol. The number of nitrogens with zero attached hydrogens (tertiary/aromatic N) is 2. The van der Waals surface area contributed by atoms with Crippen LogP contribution in [0.25, 0.3) is 0 Å². The van der Waals surface area contributed by atoms with Gasteiger partial charge in [-0.25, -0.2) is 0 Å². The molecule has 0 amide bonds. The molecule has 3 aliphatic rings. The number of carbonyl (C=O) groups is 2. The number of Topliss-reactive ketones (excluding diaryl/α,β-unsaturated/α-hetero) is 1. The van der Waals surface area contributed by atoms with Gasteiger partial charge in [0.2, 0.25) is 5.78 Å². The van der Waals surface area contributed by atoms with E-state index in [1.54, 1.807) is 6.08 Å². The van der Waals surface area contributed by atoms with E-state index in [4.69, 9.17) is 9.26 Å². The Morgan fingerprint density at radius 1 is 1.44 bits per heavy atom. The van der Waals surface area contributed by atoms with Gasteiger partial charge in [0, 0.05) is 19.0 Å². The van der Waals surface area contributed by atoms with Crippen LogP contribution in [0.3, 0.4) is 0 Å². The van der Waals surface area contributed by atoms with Gasteiger partial charge in [0.05, 0.1) is 12.6 Å². The number of likely N-dealkylation sites (tertiary alicyclic amines) is 1. The van der Waals surface area contributed by atoms with Crippen LogP contribution in [0.1, 0.15) is 54.8 Å². The van der Waals surface area contributed by atoms with E-state index in [9.17, 15) is 14.7 Å². The lowest BCUT2D eigenvalue weighted by molar-refractivity contribution is -0.139. The number of ketones is 2. The summed E-state index contributed by atoms with van der Waals surface area (Å²) < 4.78 is 11.1. The number of allylic oxidation sites excluding steroid dienone is 1. The molecule has 0 bridgehead atoms. The second-order valence-corrected chi connectivity index (χ2v) is 6.97. The first-order valence-electron chi connectivity index (χ1n) is 8.93. The van der Waals surface area contributed by atoms with Gasteiger partial charge in [-0.05, 0) is 30.5 Å². The molecule has 1 aromatic heterocycles. The average Bonchev–Trinajstić information content (AvgIpc) is 2.96. The second-order valence-electron chi connectivity index (χ2n) is 6.97. The van der Waals surface area contributed by atoms with Crippen molar-refractivity contribution in [2.75, 3.05) is 19.7 Å². The van der Waals surface area contributed by atoms with Crippen LogP contribution in [0.15, 0.2) is 16.7 Å². The summed E-state index contributed by atoms with van der Waals surface area (Å²) in [5.74, 6) is -1.25. The highest BCUT2D eigenvalue weighted by molar-refractivity contribution is 6.23. The topological polar surface area (TPSA) is 92.9 Å². The molecule has 134 valence electrons. The minimum atomic E-state index is -2.06. The Morgan fingerprint density at radius 2 is 2.24 bits per heavy atom. The van der Waals surface area contributed by atoms with Crippen LogP contribution in [-0.4, -0.2) is 52.0 Å². The third-order valence-electron chi connectivity index (χ3n) is 5.50. The Morgan fingerprint density at radius 3 is 2.92 bits per heavy atom. The first kappa shape index (κ1) is 16.5. The number of rotatable bonds is 5. The van der Waals surface area contributed by atoms with Crippen LogP contribution in [0, 0.1) is 5.92 Å². The molecule has 1 N–H and O–H groups in total. The van der Waals surface area contributed by atoms with Gasteiger partial charge in [-0.1, -0.05) is 19.4 Å². The first-order chi connectivity index (χ1) is 12.1. The zero-order valence-electron chi connectivity index (χ0n) is 14.2. The average molecular weight is 346 g/mol. The van der Waals surface area contributed by atoms with Crippen molar-refractivity contribution in [3.05, 3.63) is 23.5 Å².